The predicted molar refractivity (Wildman–Crippen MR) is 94.6 cm³/mol. The molecule has 4 rings (SSSR count). The lowest BCUT2D eigenvalue weighted by Crippen LogP contribution is -2.39. The Labute approximate surface area is 146 Å². The summed E-state index contributed by atoms with van der Waals surface area (Å²) in [4.78, 5) is 22.7. The molecule has 2 aromatic heterocycles. The number of imidazole rings is 1. The zero-order valence-corrected chi connectivity index (χ0v) is 14.0. The quantitative estimate of drug-likeness (QED) is 0.769. The number of H-pyrrole nitrogens is 2. The van der Waals surface area contributed by atoms with Gasteiger partial charge >= 0.3 is 0 Å². The van der Waals surface area contributed by atoms with Crippen molar-refractivity contribution in [3.63, 3.8) is 0 Å². The Morgan fingerprint density at radius 1 is 1.20 bits per heavy atom. The number of amides is 1. The molecule has 2 N–H and O–H groups in total. The van der Waals surface area contributed by atoms with Crippen LogP contribution in [-0.2, 0) is 11.2 Å². The van der Waals surface area contributed by atoms with Crippen molar-refractivity contribution in [1.29, 1.82) is 0 Å². The van der Waals surface area contributed by atoms with Crippen LogP contribution in [0.4, 0.5) is 0 Å². The van der Waals surface area contributed by atoms with Crippen molar-refractivity contribution < 1.29 is 4.79 Å². The summed E-state index contributed by atoms with van der Waals surface area (Å²) in [5, 5.41) is 6.79. The van der Waals surface area contributed by atoms with Gasteiger partial charge in [0.1, 0.15) is 5.82 Å². The number of aromatic nitrogens is 4. The van der Waals surface area contributed by atoms with Gasteiger partial charge in [0.2, 0.25) is 5.91 Å². The molecule has 1 aliphatic heterocycles. The molecule has 1 fully saturated rings. The average molecular weight is 335 g/mol. The van der Waals surface area contributed by atoms with Gasteiger partial charge in [-0.05, 0) is 30.9 Å². The Balaban J connectivity index is 1.55. The fraction of sp³-hybridized carbons (Fsp3) is 0.316. The maximum absolute atomic E-state index is 12.8. The largest absolute Gasteiger partial charge is 0.340 e. The van der Waals surface area contributed by atoms with Gasteiger partial charge in [0.05, 0.1) is 24.4 Å². The van der Waals surface area contributed by atoms with Crippen LogP contribution in [0.5, 0.6) is 0 Å². The Morgan fingerprint density at radius 2 is 2.08 bits per heavy atom. The lowest BCUT2D eigenvalue weighted by atomic mass is 10.0. The summed E-state index contributed by atoms with van der Waals surface area (Å²) < 4.78 is 0. The highest BCUT2D eigenvalue weighted by Crippen LogP contribution is 2.31. The van der Waals surface area contributed by atoms with E-state index in [0.29, 0.717) is 6.42 Å². The number of piperidine rings is 1. The lowest BCUT2D eigenvalue weighted by molar-refractivity contribution is -0.134. The van der Waals surface area contributed by atoms with Crippen molar-refractivity contribution in [2.75, 3.05) is 6.54 Å². The van der Waals surface area contributed by atoms with E-state index in [4.69, 9.17) is 0 Å². The molecular formula is C19H21N5O. The smallest absolute Gasteiger partial charge is 0.229 e. The number of hydrogen-bond acceptors (Lipinski definition) is 3. The Morgan fingerprint density at radius 3 is 2.88 bits per heavy atom. The van der Waals surface area contributed by atoms with Crippen molar-refractivity contribution in [3.05, 3.63) is 60.3 Å². The highest BCUT2D eigenvalue weighted by Gasteiger charge is 2.30. The van der Waals surface area contributed by atoms with E-state index in [1.165, 1.54) is 0 Å². The number of carbonyl (C=O) groups excluding carboxylic acids is 1. The third-order valence-corrected chi connectivity index (χ3v) is 4.72. The van der Waals surface area contributed by atoms with Crippen LogP contribution in [0.25, 0.3) is 11.3 Å². The number of benzene rings is 1. The molecule has 25 heavy (non-hydrogen) atoms. The van der Waals surface area contributed by atoms with Crippen molar-refractivity contribution in [1.82, 2.24) is 25.1 Å². The minimum Gasteiger partial charge on any atom is -0.340 e. The predicted octanol–water partition coefficient (Wildman–Crippen LogP) is 3.10. The van der Waals surface area contributed by atoms with Crippen LogP contribution in [0.15, 0.2) is 48.8 Å². The third-order valence-electron chi connectivity index (χ3n) is 4.72. The minimum absolute atomic E-state index is 0.0154. The van der Waals surface area contributed by atoms with Crippen molar-refractivity contribution in [2.45, 2.75) is 31.7 Å². The molecule has 1 amide bonds. The van der Waals surface area contributed by atoms with E-state index >= 15 is 0 Å². The van der Waals surface area contributed by atoms with E-state index in [0.717, 1.165) is 48.6 Å². The Hall–Kier alpha value is -2.89. The first kappa shape index (κ1) is 15.6. The molecule has 1 unspecified atom stereocenters. The van der Waals surface area contributed by atoms with Gasteiger partial charge in [-0.2, -0.15) is 5.10 Å². The highest BCUT2D eigenvalue weighted by atomic mass is 16.2. The topological polar surface area (TPSA) is 77.7 Å². The molecule has 128 valence electrons. The molecule has 0 spiro atoms. The van der Waals surface area contributed by atoms with Crippen molar-refractivity contribution in [2.24, 2.45) is 0 Å². The second kappa shape index (κ2) is 6.93. The van der Waals surface area contributed by atoms with Gasteiger partial charge in [-0.25, -0.2) is 4.98 Å². The molecule has 0 bridgehead atoms. The molecule has 6 nitrogen and oxygen atoms in total. The Kier molecular flexibility index (Phi) is 4.33. The normalized spacial score (nSPS) is 17.6. The molecule has 6 heteroatoms. The van der Waals surface area contributed by atoms with Crippen LogP contribution in [0, 0.1) is 0 Å². The fourth-order valence-corrected chi connectivity index (χ4v) is 3.43. The molecule has 0 radical (unpaired) electrons. The number of hydrogen-bond donors (Lipinski definition) is 2. The SMILES string of the molecule is O=C(Cc1ccn[nH]1)N1CCCCC1c1ncc(-c2ccccc2)[nH]1. The zero-order chi connectivity index (χ0) is 17.1. The summed E-state index contributed by atoms with van der Waals surface area (Å²) in [5.41, 5.74) is 2.94. The zero-order valence-electron chi connectivity index (χ0n) is 14.0. The number of aromatic amines is 2. The summed E-state index contributed by atoms with van der Waals surface area (Å²) in [6.07, 6.45) is 6.97. The average Bonchev–Trinajstić information content (AvgIpc) is 3.34. The molecule has 1 aromatic carbocycles. The number of carbonyl (C=O) groups is 1. The highest BCUT2D eigenvalue weighted by molar-refractivity contribution is 5.78. The van der Waals surface area contributed by atoms with Gasteiger partial charge < -0.3 is 9.88 Å². The summed E-state index contributed by atoms with van der Waals surface area (Å²) in [6.45, 7) is 0.777. The number of rotatable bonds is 4. The summed E-state index contributed by atoms with van der Waals surface area (Å²) in [7, 11) is 0. The standard InChI is InChI=1S/C19H21N5O/c25-18(12-15-9-10-21-23-15)24-11-5-4-8-17(24)19-20-13-16(22-19)14-6-2-1-3-7-14/h1-3,6-7,9-10,13,17H,4-5,8,11-12H2,(H,20,22)(H,21,23). The number of likely N-dealkylation sites (tertiary alicyclic amines) is 1. The van der Waals surface area contributed by atoms with Crippen LogP contribution in [0.3, 0.4) is 0 Å². The maximum Gasteiger partial charge on any atom is 0.229 e. The molecule has 0 aliphatic carbocycles. The second-order valence-electron chi connectivity index (χ2n) is 6.41. The van der Waals surface area contributed by atoms with E-state index in [9.17, 15) is 4.79 Å². The van der Waals surface area contributed by atoms with E-state index < -0.39 is 0 Å². The van der Waals surface area contributed by atoms with E-state index in [2.05, 4.69) is 32.3 Å². The van der Waals surface area contributed by atoms with Gasteiger partial charge in [0.15, 0.2) is 0 Å². The third kappa shape index (κ3) is 3.33. The van der Waals surface area contributed by atoms with Crippen LogP contribution >= 0.6 is 0 Å². The Bertz CT molecular complexity index is 825. The maximum atomic E-state index is 12.8. The van der Waals surface area contributed by atoms with Crippen molar-refractivity contribution in [3.8, 4) is 11.3 Å². The van der Waals surface area contributed by atoms with Crippen LogP contribution < -0.4 is 0 Å². The van der Waals surface area contributed by atoms with Crippen LogP contribution in [0.2, 0.25) is 0 Å². The lowest BCUT2D eigenvalue weighted by Gasteiger charge is -2.34. The van der Waals surface area contributed by atoms with E-state index in [-0.39, 0.29) is 11.9 Å². The van der Waals surface area contributed by atoms with Gasteiger partial charge in [-0.15, -0.1) is 0 Å². The monoisotopic (exact) mass is 335 g/mol. The first-order chi connectivity index (χ1) is 12.3. The second-order valence-corrected chi connectivity index (χ2v) is 6.41. The molecule has 3 heterocycles. The van der Waals surface area contributed by atoms with Gasteiger partial charge in [-0.3, -0.25) is 9.89 Å². The summed E-state index contributed by atoms with van der Waals surface area (Å²) in [6, 6.07) is 12.0. The molecule has 3 aromatic rings. The first-order valence-electron chi connectivity index (χ1n) is 8.69. The van der Waals surface area contributed by atoms with E-state index in [1.54, 1.807) is 6.20 Å². The first-order valence-corrected chi connectivity index (χ1v) is 8.69. The molecule has 0 saturated carbocycles. The van der Waals surface area contributed by atoms with Crippen LogP contribution in [0.1, 0.15) is 36.8 Å². The molecular weight excluding hydrogens is 314 g/mol. The molecule has 1 aliphatic rings. The van der Waals surface area contributed by atoms with Gasteiger partial charge in [0.25, 0.3) is 0 Å². The minimum atomic E-state index is 0.0154. The summed E-state index contributed by atoms with van der Waals surface area (Å²) in [5.74, 6) is 0.989. The summed E-state index contributed by atoms with van der Waals surface area (Å²) >= 11 is 0. The molecule has 1 saturated heterocycles. The fourth-order valence-electron chi connectivity index (χ4n) is 3.43. The number of nitrogens with one attached hydrogen (secondary N) is 2. The van der Waals surface area contributed by atoms with Gasteiger partial charge in [-0.1, -0.05) is 30.3 Å². The van der Waals surface area contributed by atoms with Crippen LogP contribution in [-0.4, -0.2) is 37.5 Å². The van der Waals surface area contributed by atoms with Crippen molar-refractivity contribution >= 4 is 5.91 Å². The molecule has 1 atom stereocenters. The van der Waals surface area contributed by atoms with Gasteiger partial charge in [0, 0.05) is 18.4 Å². The van der Waals surface area contributed by atoms with E-state index in [1.807, 2.05) is 35.4 Å². The number of nitrogens with zero attached hydrogens (tertiary/aromatic N) is 3.